The summed E-state index contributed by atoms with van der Waals surface area (Å²) in [6.45, 7) is 0. The summed E-state index contributed by atoms with van der Waals surface area (Å²) < 4.78 is 8.06. The average molecular weight is 395 g/mol. The van der Waals surface area contributed by atoms with Crippen molar-refractivity contribution in [3.05, 3.63) is 0 Å². The first kappa shape index (κ1) is 16.2. The monoisotopic (exact) mass is 395 g/mol. The summed E-state index contributed by atoms with van der Waals surface area (Å²) in [6.07, 6.45) is 0. The SMILES string of the molecule is [Ce].[O]=[Mn].[W]. The Balaban J connectivity index is -0.00000000500. The molecule has 0 bridgehead atoms. The number of hydrogen-bond donors (Lipinski definition) is 0. The van der Waals surface area contributed by atoms with Gasteiger partial charge in [-0.1, -0.05) is 0 Å². The van der Waals surface area contributed by atoms with Crippen LogP contribution in [0, 0.1) is 41.7 Å². The van der Waals surface area contributed by atoms with Gasteiger partial charge in [0.2, 0.25) is 0 Å². The second kappa shape index (κ2) is 18.2. The van der Waals surface area contributed by atoms with Gasteiger partial charge in [-0.2, -0.15) is 0 Å². The van der Waals surface area contributed by atoms with E-state index in [1.165, 1.54) is 0 Å². The van der Waals surface area contributed by atoms with Crippen LogP contribution < -0.4 is 0 Å². The van der Waals surface area contributed by atoms with Crippen LogP contribution in [0.3, 0.4) is 0 Å². The first-order chi connectivity index (χ1) is 1.00. The van der Waals surface area contributed by atoms with Crippen LogP contribution in [0.1, 0.15) is 0 Å². The van der Waals surface area contributed by atoms with Gasteiger partial charge in [0.15, 0.2) is 0 Å². The topological polar surface area (TPSA) is 17.1 Å². The molecule has 0 saturated heterocycles. The van der Waals surface area contributed by atoms with Crippen molar-refractivity contribution in [1.82, 2.24) is 0 Å². The Morgan fingerprint density at radius 3 is 1.25 bits per heavy atom. The predicted octanol–water partition coefficient (Wildman–Crippen LogP) is -0.124. The van der Waals surface area contributed by atoms with Gasteiger partial charge in [-0.25, -0.2) is 0 Å². The third-order valence-corrected chi connectivity index (χ3v) is 0. The van der Waals surface area contributed by atoms with E-state index in [0.29, 0.717) is 0 Å². The van der Waals surface area contributed by atoms with Gasteiger partial charge < -0.3 is 0 Å². The van der Waals surface area contributed by atoms with Crippen LogP contribution in [0.2, 0.25) is 0 Å². The molecule has 0 aromatic heterocycles. The van der Waals surface area contributed by atoms with Gasteiger partial charge >= 0.3 is 19.8 Å². The maximum absolute atomic E-state index is 8.06. The summed E-state index contributed by atoms with van der Waals surface area (Å²) in [5.74, 6) is 0. The minimum absolute atomic E-state index is 0. The fraction of sp³-hybridized carbons (Fsp3) is 0. The van der Waals surface area contributed by atoms with Gasteiger partial charge in [-0.3, -0.25) is 0 Å². The van der Waals surface area contributed by atoms with Gasteiger partial charge in [0.25, 0.3) is 0 Å². The first-order valence-electron chi connectivity index (χ1n) is 0.154. The zero-order chi connectivity index (χ0) is 2.00. The molecule has 4 heteroatoms. The maximum atomic E-state index is 8.06. The minimum Gasteiger partial charge on any atom is 0 e. The van der Waals surface area contributed by atoms with Gasteiger partial charge in [-0.15, -0.1) is 0 Å². The van der Waals surface area contributed by atoms with Gasteiger partial charge in [-0.05, 0) is 0 Å². The Hall–Kier alpha value is 2.38. The van der Waals surface area contributed by atoms with Crippen molar-refractivity contribution in [2.45, 2.75) is 0 Å². The molecule has 0 atom stereocenters. The van der Waals surface area contributed by atoms with Gasteiger partial charge in [0, 0.05) is 62.8 Å². The molecule has 0 fully saturated rings. The van der Waals surface area contributed by atoms with Crippen molar-refractivity contribution < 1.29 is 82.6 Å². The third-order valence-electron chi connectivity index (χ3n) is 0. The maximum Gasteiger partial charge on any atom is 0 e. The van der Waals surface area contributed by atoms with E-state index in [1.54, 1.807) is 15.9 Å². The van der Waals surface area contributed by atoms with Gasteiger partial charge in [0.05, 0.1) is 0 Å². The molecule has 0 N–H and O–H groups in total. The summed E-state index contributed by atoms with van der Waals surface area (Å²) in [5, 5.41) is 0. The molecular formula is CeMnOW. The molecule has 0 aromatic carbocycles. The molecule has 0 aromatic rings. The van der Waals surface area contributed by atoms with Crippen LogP contribution in [-0.2, 0) is 40.8 Å². The van der Waals surface area contributed by atoms with Crippen molar-refractivity contribution in [1.29, 1.82) is 0 Å². The molecule has 1 nitrogen and oxygen atoms in total. The molecule has 0 rings (SSSR count). The number of rotatable bonds is 0. The van der Waals surface area contributed by atoms with E-state index in [0.717, 1.165) is 0 Å². The molecule has 0 aliphatic carbocycles. The second-order valence-electron chi connectivity index (χ2n) is 0. The smallest absolute Gasteiger partial charge is 0 e. The van der Waals surface area contributed by atoms with E-state index in [9.17, 15) is 0 Å². The van der Waals surface area contributed by atoms with Crippen molar-refractivity contribution in [3.8, 4) is 0 Å². The summed E-state index contributed by atoms with van der Waals surface area (Å²) in [5.41, 5.74) is 0. The van der Waals surface area contributed by atoms with Crippen molar-refractivity contribution >= 4 is 0 Å². The minimum atomic E-state index is 0. The predicted molar refractivity (Wildman–Crippen MR) is 0.686 cm³/mol. The van der Waals surface area contributed by atoms with Crippen molar-refractivity contribution in [2.24, 2.45) is 0 Å². The van der Waals surface area contributed by atoms with E-state index in [2.05, 4.69) is 0 Å². The fourth-order valence-corrected chi connectivity index (χ4v) is 0. The molecule has 0 heterocycles. The third kappa shape index (κ3) is 8.83. The normalized spacial score (nSPS) is 1.00. The molecule has 0 spiro atoms. The van der Waals surface area contributed by atoms with E-state index in [1.807, 2.05) is 0 Å². The van der Waals surface area contributed by atoms with E-state index >= 15 is 0 Å². The molecule has 4 heavy (non-hydrogen) atoms. The van der Waals surface area contributed by atoms with Crippen molar-refractivity contribution in [2.75, 3.05) is 0 Å². The molecule has 0 saturated carbocycles. The standard InChI is InChI=1S/Ce.Mn.O.W. The summed E-state index contributed by atoms with van der Waals surface area (Å²) >= 11 is 1.69. The summed E-state index contributed by atoms with van der Waals surface area (Å²) in [4.78, 5) is 0. The van der Waals surface area contributed by atoms with Crippen LogP contribution >= 0.6 is 0 Å². The average Bonchev–Trinajstić information content (AvgIpc) is 1.00. The van der Waals surface area contributed by atoms with E-state index in [4.69, 9.17) is 3.83 Å². The first-order valence-corrected chi connectivity index (χ1v) is 0.636. The summed E-state index contributed by atoms with van der Waals surface area (Å²) in [7, 11) is 0. The molecule has 0 aliphatic heterocycles. The Kier molecular flexibility index (Phi) is 73.5. The van der Waals surface area contributed by atoms with Crippen LogP contribution in [0.4, 0.5) is 0 Å². The summed E-state index contributed by atoms with van der Waals surface area (Å²) in [6, 6.07) is 0. The molecule has 0 aliphatic rings. The Morgan fingerprint density at radius 2 is 1.25 bits per heavy atom. The quantitative estimate of drug-likeness (QED) is 0.523. The Labute approximate surface area is 81.0 Å². The van der Waals surface area contributed by atoms with Crippen LogP contribution in [0.15, 0.2) is 0 Å². The zero-order valence-corrected chi connectivity index (χ0v) is 8.95. The molecule has 0 unspecified atom stereocenters. The zero-order valence-electron chi connectivity index (χ0n) is 1.69. The molecule has 0 amide bonds. The van der Waals surface area contributed by atoms with Crippen molar-refractivity contribution in [3.63, 3.8) is 0 Å². The fourth-order valence-electron chi connectivity index (χ4n) is 0. The van der Waals surface area contributed by atoms with Crippen LogP contribution in [0.25, 0.3) is 0 Å². The van der Waals surface area contributed by atoms with E-state index in [-0.39, 0.29) is 62.8 Å². The Morgan fingerprint density at radius 1 is 1.25 bits per heavy atom. The Bertz CT molecular complexity index is 8.00. The number of hydrogen-bond acceptors (Lipinski definition) is 1. The van der Waals surface area contributed by atoms with Crippen LogP contribution in [0.5, 0.6) is 0 Å². The van der Waals surface area contributed by atoms with Crippen LogP contribution in [-0.4, -0.2) is 0 Å². The second-order valence-corrected chi connectivity index (χ2v) is 0. The van der Waals surface area contributed by atoms with E-state index < -0.39 is 0 Å². The molecule has 0 radical (unpaired) electrons. The van der Waals surface area contributed by atoms with Gasteiger partial charge in [0.1, 0.15) is 0 Å². The largest absolute Gasteiger partial charge is 0 e. The molecular weight excluding hydrogens is 395 g/mol. The molecule has 23 valence electrons.